The van der Waals surface area contributed by atoms with Gasteiger partial charge in [-0.05, 0) is 0 Å². The minimum absolute atomic E-state index is 0.810. The summed E-state index contributed by atoms with van der Waals surface area (Å²) in [6.45, 7) is 0. The molecule has 2 heterocycles. The lowest BCUT2D eigenvalue weighted by Gasteiger charge is -2.15. The molecule has 0 atom stereocenters. The second kappa shape index (κ2) is 1.81. The lowest BCUT2D eigenvalue weighted by atomic mass is 10.7. The van der Waals surface area contributed by atoms with Gasteiger partial charge >= 0.3 is 0 Å². The van der Waals surface area contributed by atoms with Gasteiger partial charge in [0.2, 0.25) is 0 Å². The van der Waals surface area contributed by atoms with Crippen LogP contribution in [0.15, 0.2) is 22.1 Å². The number of hydrazine groups is 2. The van der Waals surface area contributed by atoms with E-state index in [2.05, 4.69) is 15.6 Å². The third-order valence-electron chi connectivity index (χ3n) is 1.23. The van der Waals surface area contributed by atoms with Crippen LogP contribution >= 0.6 is 0 Å². The normalized spacial score (nSPS) is 21.5. The van der Waals surface area contributed by atoms with Crippen LogP contribution < -0.4 is 5.53 Å². The van der Waals surface area contributed by atoms with E-state index in [9.17, 15) is 0 Å². The number of hydrogen-bond donors (Lipinski definition) is 1. The van der Waals surface area contributed by atoms with Gasteiger partial charge in [-0.25, -0.2) is 4.99 Å². The van der Waals surface area contributed by atoms with Crippen LogP contribution in [0.1, 0.15) is 0 Å². The van der Waals surface area contributed by atoms with Crippen molar-refractivity contribution in [1.82, 2.24) is 15.7 Å². The third kappa shape index (κ3) is 0.679. The number of hydrazone groups is 1. The summed E-state index contributed by atoms with van der Waals surface area (Å²) < 4.78 is 0. The average molecular weight is 137 g/mol. The highest BCUT2D eigenvalue weighted by Gasteiger charge is 2.16. The molecule has 2 aliphatic heterocycles. The Morgan fingerprint density at radius 1 is 1.50 bits per heavy atom. The summed E-state index contributed by atoms with van der Waals surface area (Å²) >= 11 is 0. The topological polar surface area (TPSA) is 43.2 Å². The zero-order valence-corrected chi connectivity index (χ0v) is 5.52. The van der Waals surface area contributed by atoms with Gasteiger partial charge in [-0.15, -0.1) is 5.53 Å². The summed E-state index contributed by atoms with van der Waals surface area (Å²) in [4.78, 5) is 4.05. The Balaban J connectivity index is 2.29. The first-order valence-electron chi connectivity index (χ1n) is 2.94. The van der Waals surface area contributed by atoms with E-state index in [0.29, 0.717) is 0 Å². The van der Waals surface area contributed by atoms with Crippen molar-refractivity contribution in [3.63, 3.8) is 0 Å². The SMILES string of the molecule is CN1C=C2N=CC=NN2N1. The van der Waals surface area contributed by atoms with Crippen molar-refractivity contribution in [2.75, 3.05) is 7.05 Å². The summed E-state index contributed by atoms with van der Waals surface area (Å²) in [6, 6.07) is 0. The molecule has 0 saturated heterocycles. The van der Waals surface area contributed by atoms with Gasteiger partial charge in [0.25, 0.3) is 0 Å². The minimum Gasteiger partial charge on any atom is -0.296 e. The van der Waals surface area contributed by atoms with Crippen LogP contribution in [0.3, 0.4) is 0 Å². The molecular formula is C5H7N5. The molecule has 5 heteroatoms. The van der Waals surface area contributed by atoms with Gasteiger partial charge in [0.05, 0.1) is 12.4 Å². The van der Waals surface area contributed by atoms with Gasteiger partial charge in [-0.2, -0.15) is 10.2 Å². The molecule has 0 bridgehead atoms. The summed E-state index contributed by atoms with van der Waals surface area (Å²) in [5.74, 6) is 0.810. The molecule has 0 amide bonds. The molecule has 0 aromatic carbocycles. The van der Waals surface area contributed by atoms with Crippen LogP contribution in [0.25, 0.3) is 0 Å². The molecule has 0 fully saturated rings. The quantitative estimate of drug-likeness (QED) is 0.490. The van der Waals surface area contributed by atoms with Gasteiger partial charge in [-0.3, -0.25) is 5.01 Å². The second-order valence-corrected chi connectivity index (χ2v) is 2.05. The molecule has 0 aromatic heterocycles. The first-order valence-corrected chi connectivity index (χ1v) is 2.94. The van der Waals surface area contributed by atoms with Crippen molar-refractivity contribution in [3.8, 4) is 0 Å². The highest BCUT2D eigenvalue weighted by molar-refractivity contribution is 6.16. The molecule has 0 aromatic rings. The number of hydrogen-bond acceptors (Lipinski definition) is 5. The molecule has 0 aliphatic carbocycles. The Hall–Kier alpha value is -1.36. The Labute approximate surface area is 58.3 Å². The van der Waals surface area contributed by atoms with E-state index in [1.54, 1.807) is 22.6 Å². The fraction of sp³-hybridized carbons (Fsp3) is 0.200. The second-order valence-electron chi connectivity index (χ2n) is 2.05. The van der Waals surface area contributed by atoms with Crippen molar-refractivity contribution < 1.29 is 0 Å². The predicted molar refractivity (Wildman–Crippen MR) is 37.8 cm³/mol. The lowest BCUT2D eigenvalue weighted by Crippen LogP contribution is -2.35. The standard InChI is InChI=1S/C5H7N5/c1-9-4-5-6-2-3-7-10(5)8-9/h2-4,8H,1H3. The van der Waals surface area contributed by atoms with E-state index in [-0.39, 0.29) is 0 Å². The van der Waals surface area contributed by atoms with Crippen molar-refractivity contribution in [2.24, 2.45) is 10.1 Å². The molecule has 0 radical (unpaired) electrons. The van der Waals surface area contributed by atoms with Gasteiger partial charge in [0, 0.05) is 13.3 Å². The van der Waals surface area contributed by atoms with E-state index >= 15 is 0 Å². The highest BCUT2D eigenvalue weighted by Crippen LogP contribution is 2.11. The first kappa shape index (κ1) is 5.43. The number of aliphatic imine (C=N–C) groups is 1. The van der Waals surface area contributed by atoms with Crippen molar-refractivity contribution >= 4 is 12.4 Å². The smallest absolute Gasteiger partial charge is 0.185 e. The summed E-state index contributed by atoms with van der Waals surface area (Å²) in [5, 5.41) is 7.36. The number of rotatable bonds is 0. The number of nitrogens with zero attached hydrogens (tertiary/aromatic N) is 4. The largest absolute Gasteiger partial charge is 0.296 e. The highest BCUT2D eigenvalue weighted by atomic mass is 15.9. The number of nitrogens with one attached hydrogen (secondary N) is 1. The Morgan fingerprint density at radius 2 is 2.40 bits per heavy atom. The maximum absolute atomic E-state index is 4.05. The lowest BCUT2D eigenvalue weighted by molar-refractivity contribution is 0.156. The fourth-order valence-electron chi connectivity index (χ4n) is 0.837. The van der Waals surface area contributed by atoms with Crippen LogP contribution in [0, 0.1) is 0 Å². The molecule has 0 unspecified atom stereocenters. The molecular weight excluding hydrogens is 130 g/mol. The molecule has 0 saturated carbocycles. The maximum Gasteiger partial charge on any atom is 0.185 e. The van der Waals surface area contributed by atoms with Crippen molar-refractivity contribution in [3.05, 3.63) is 12.0 Å². The zero-order valence-electron chi connectivity index (χ0n) is 5.52. The summed E-state index contributed by atoms with van der Waals surface area (Å²) in [5.41, 5.74) is 2.92. The van der Waals surface area contributed by atoms with Crippen molar-refractivity contribution in [1.29, 1.82) is 0 Å². The van der Waals surface area contributed by atoms with Gasteiger partial charge in [0.15, 0.2) is 5.82 Å². The Bertz CT molecular complexity index is 228. The molecule has 52 valence electrons. The Kier molecular flexibility index (Phi) is 0.983. The van der Waals surface area contributed by atoms with E-state index in [1.165, 1.54) is 0 Å². The predicted octanol–water partition coefficient (Wildman–Crippen LogP) is -0.477. The van der Waals surface area contributed by atoms with Gasteiger partial charge in [-0.1, -0.05) is 0 Å². The maximum atomic E-state index is 4.05. The fourth-order valence-corrected chi connectivity index (χ4v) is 0.837. The van der Waals surface area contributed by atoms with Crippen LogP contribution in [-0.4, -0.2) is 29.6 Å². The average Bonchev–Trinajstić information content (AvgIpc) is 2.27. The molecule has 10 heavy (non-hydrogen) atoms. The molecule has 0 spiro atoms. The van der Waals surface area contributed by atoms with E-state index in [1.807, 2.05) is 13.2 Å². The van der Waals surface area contributed by atoms with Crippen LogP contribution in [0.4, 0.5) is 0 Å². The van der Waals surface area contributed by atoms with E-state index < -0.39 is 0 Å². The zero-order chi connectivity index (χ0) is 6.97. The summed E-state index contributed by atoms with van der Waals surface area (Å²) in [7, 11) is 1.89. The first-order chi connectivity index (χ1) is 4.86. The molecule has 5 nitrogen and oxygen atoms in total. The van der Waals surface area contributed by atoms with Crippen LogP contribution in [0.5, 0.6) is 0 Å². The van der Waals surface area contributed by atoms with Gasteiger partial charge < -0.3 is 0 Å². The van der Waals surface area contributed by atoms with E-state index in [4.69, 9.17) is 0 Å². The van der Waals surface area contributed by atoms with Crippen LogP contribution in [0.2, 0.25) is 0 Å². The minimum atomic E-state index is 0.810. The monoisotopic (exact) mass is 137 g/mol. The molecule has 2 rings (SSSR count). The number of fused-ring (bicyclic) bond motifs is 1. The third-order valence-corrected chi connectivity index (χ3v) is 1.23. The van der Waals surface area contributed by atoms with Crippen LogP contribution in [-0.2, 0) is 0 Å². The molecule has 2 aliphatic rings. The summed E-state index contributed by atoms with van der Waals surface area (Å²) in [6.07, 6.45) is 5.14. The Morgan fingerprint density at radius 3 is 3.20 bits per heavy atom. The van der Waals surface area contributed by atoms with E-state index in [0.717, 1.165) is 5.82 Å². The van der Waals surface area contributed by atoms with Gasteiger partial charge in [0.1, 0.15) is 0 Å². The van der Waals surface area contributed by atoms with Crippen molar-refractivity contribution in [2.45, 2.75) is 0 Å². The molecule has 1 N–H and O–H groups in total.